The van der Waals surface area contributed by atoms with E-state index in [2.05, 4.69) is 4.98 Å². The highest BCUT2D eigenvalue weighted by molar-refractivity contribution is 7.15. The van der Waals surface area contributed by atoms with Gasteiger partial charge in [0.2, 0.25) is 0 Å². The Morgan fingerprint density at radius 3 is 2.69 bits per heavy atom. The maximum absolute atomic E-state index is 13.6. The van der Waals surface area contributed by atoms with Gasteiger partial charge in [-0.05, 0) is 24.7 Å². The Morgan fingerprint density at radius 2 is 1.90 bits per heavy atom. The molecule has 0 spiro atoms. The molecule has 0 saturated heterocycles. The Morgan fingerprint density at radius 1 is 1.14 bits per heavy atom. The summed E-state index contributed by atoms with van der Waals surface area (Å²) in [7, 11) is 1.91. The van der Waals surface area contributed by atoms with Crippen LogP contribution in [0.5, 0.6) is 5.75 Å². The molecule has 0 aliphatic rings. The van der Waals surface area contributed by atoms with E-state index in [9.17, 15) is 9.18 Å². The molecule has 2 aromatic carbocycles. The minimum Gasteiger partial charge on any atom is -0.489 e. The fraction of sp³-hybridized carbons (Fsp3) is 0.182. The molecule has 0 N–H and O–H groups in total. The average molecular weight is 409 g/mol. The highest BCUT2D eigenvalue weighted by atomic mass is 32.1. The number of benzene rings is 2. The number of para-hydroxylation sites is 1. The third-order valence-corrected chi connectivity index (χ3v) is 5.35. The van der Waals surface area contributed by atoms with Gasteiger partial charge in [-0.1, -0.05) is 42.5 Å². The highest BCUT2D eigenvalue weighted by Gasteiger charge is 2.12. The Balaban J connectivity index is 1.44. The molecule has 2 aromatic heterocycles. The fourth-order valence-corrected chi connectivity index (χ4v) is 4.01. The van der Waals surface area contributed by atoms with Crippen molar-refractivity contribution >= 4 is 16.3 Å². The van der Waals surface area contributed by atoms with Crippen LogP contribution in [0.1, 0.15) is 5.69 Å². The number of nitrogens with zero attached hydrogens (tertiary/aromatic N) is 3. The molecule has 5 nitrogen and oxygen atoms in total. The lowest BCUT2D eigenvalue weighted by Gasteiger charge is -2.16. The molecule has 0 fully saturated rings. The van der Waals surface area contributed by atoms with Crippen molar-refractivity contribution in [3.05, 3.63) is 87.9 Å². The van der Waals surface area contributed by atoms with Gasteiger partial charge < -0.3 is 4.74 Å². The second-order valence-electron chi connectivity index (χ2n) is 6.71. The zero-order valence-corrected chi connectivity index (χ0v) is 16.7. The van der Waals surface area contributed by atoms with Crippen LogP contribution < -0.4 is 10.3 Å². The standard InChI is InChI=1S/C22H20FN3O2S/c1-25(11-12-28-20-10-6-5-9-18(20)23)14-17-13-21(27)26-19(15-29-22(26)24-17)16-7-3-2-4-8-16/h2-10,13,15H,11-12,14H2,1H3. The average Bonchev–Trinajstić information content (AvgIpc) is 3.15. The molecular weight excluding hydrogens is 389 g/mol. The smallest absolute Gasteiger partial charge is 0.259 e. The normalized spacial score (nSPS) is 11.3. The number of rotatable bonds is 7. The Labute approximate surface area is 171 Å². The SMILES string of the molecule is CN(CCOc1ccccc1F)Cc1cc(=O)n2c(-c3ccccc3)csc2n1. The zero-order valence-electron chi connectivity index (χ0n) is 15.9. The van der Waals surface area contributed by atoms with Gasteiger partial charge in [0, 0.05) is 24.5 Å². The quantitative estimate of drug-likeness (QED) is 0.462. The molecule has 0 saturated carbocycles. The first-order chi connectivity index (χ1) is 14.1. The summed E-state index contributed by atoms with van der Waals surface area (Å²) in [6.45, 7) is 1.43. The van der Waals surface area contributed by atoms with Gasteiger partial charge in [0.05, 0.1) is 11.4 Å². The number of fused-ring (bicyclic) bond motifs is 1. The van der Waals surface area contributed by atoms with Crippen molar-refractivity contribution in [2.24, 2.45) is 0 Å². The predicted molar refractivity (Wildman–Crippen MR) is 113 cm³/mol. The van der Waals surface area contributed by atoms with Crippen molar-refractivity contribution in [1.29, 1.82) is 0 Å². The number of aromatic nitrogens is 2. The third-order valence-electron chi connectivity index (χ3n) is 4.53. The second-order valence-corrected chi connectivity index (χ2v) is 7.54. The Bertz CT molecular complexity index is 1170. The van der Waals surface area contributed by atoms with Crippen LogP contribution in [0.4, 0.5) is 4.39 Å². The van der Waals surface area contributed by atoms with E-state index in [4.69, 9.17) is 4.74 Å². The summed E-state index contributed by atoms with van der Waals surface area (Å²) >= 11 is 1.45. The first-order valence-electron chi connectivity index (χ1n) is 9.23. The molecule has 0 aliphatic carbocycles. The topological polar surface area (TPSA) is 46.8 Å². The van der Waals surface area contributed by atoms with Gasteiger partial charge in [0.25, 0.3) is 5.56 Å². The van der Waals surface area contributed by atoms with E-state index in [0.29, 0.717) is 30.4 Å². The van der Waals surface area contributed by atoms with Crippen LogP contribution in [0, 0.1) is 5.82 Å². The van der Waals surface area contributed by atoms with Gasteiger partial charge in [0.1, 0.15) is 6.61 Å². The Kier molecular flexibility index (Phi) is 5.69. The van der Waals surface area contributed by atoms with Crippen molar-refractivity contribution in [2.45, 2.75) is 6.54 Å². The van der Waals surface area contributed by atoms with Crippen molar-refractivity contribution in [2.75, 3.05) is 20.2 Å². The molecule has 2 heterocycles. The van der Waals surface area contributed by atoms with Crippen LogP contribution in [0.15, 0.2) is 70.8 Å². The number of halogens is 1. The number of hydrogen-bond acceptors (Lipinski definition) is 5. The lowest BCUT2D eigenvalue weighted by atomic mass is 10.2. The molecular formula is C22H20FN3O2S. The van der Waals surface area contributed by atoms with Crippen LogP contribution in [-0.2, 0) is 6.54 Å². The van der Waals surface area contributed by atoms with Crippen LogP contribution in [0.2, 0.25) is 0 Å². The molecule has 0 unspecified atom stereocenters. The molecule has 7 heteroatoms. The van der Waals surface area contributed by atoms with Crippen LogP contribution in [0.25, 0.3) is 16.2 Å². The van der Waals surface area contributed by atoms with E-state index in [-0.39, 0.29) is 17.1 Å². The highest BCUT2D eigenvalue weighted by Crippen LogP contribution is 2.23. The monoisotopic (exact) mass is 409 g/mol. The zero-order chi connectivity index (χ0) is 20.2. The van der Waals surface area contributed by atoms with Gasteiger partial charge in [-0.2, -0.15) is 0 Å². The van der Waals surface area contributed by atoms with E-state index in [1.165, 1.54) is 17.4 Å². The molecule has 29 heavy (non-hydrogen) atoms. The van der Waals surface area contributed by atoms with E-state index >= 15 is 0 Å². The maximum Gasteiger partial charge on any atom is 0.259 e. The van der Waals surface area contributed by atoms with Crippen LogP contribution >= 0.6 is 11.3 Å². The summed E-state index contributed by atoms with van der Waals surface area (Å²) in [6.07, 6.45) is 0. The third kappa shape index (κ3) is 4.36. The van der Waals surface area contributed by atoms with E-state index in [1.54, 1.807) is 28.7 Å². The summed E-state index contributed by atoms with van der Waals surface area (Å²) in [5.41, 5.74) is 2.44. The van der Waals surface area contributed by atoms with Gasteiger partial charge in [-0.25, -0.2) is 9.37 Å². The number of likely N-dealkylation sites (N-methyl/N-ethyl adjacent to an activating group) is 1. The van der Waals surface area contributed by atoms with E-state index in [0.717, 1.165) is 11.3 Å². The summed E-state index contributed by atoms with van der Waals surface area (Å²) in [5.74, 6) is -0.132. The summed E-state index contributed by atoms with van der Waals surface area (Å²) in [4.78, 5) is 20.0. The van der Waals surface area contributed by atoms with Crippen molar-refractivity contribution < 1.29 is 9.13 Å². The molecule has 0 amide bonds. The van der Waals surface area contributed by atoms with E-state index in [1.807, 2.05) is 47.7 Å². The maximum atomic E-state index is 13.6. The lowest BCUT2D eigenvalue weighted by molar-refractivity contribution is 0.225. The summed E-state index contributed by atoms with van der Waals surface area (Å²) in [6, 6.07) is 17.7. The number of hydrogen-bond donors (Lipinski definition) is 0. The molecule has 0 aliphatic heterocycles. The van der Waals surface area contributed by atoms with Gasteiger partial charge >= 0.3 is 0 Å². The first kappa shape index (κ1) is 19.3. The molecule has 4 rings (SSSR count). The molecule has 0 radical (unpaired) electrons. The van der Waals surface area contributed by atoms with Crippen molar-refractivity contribution in [3.8, 4) is 17.0 Å². The first-order valence-corrected chi connectivity index (χ1v) is 10.1. The minimum atomic E-state index is -0.373. The molecule has 148 valence electrons. The minimum absolute atomic E-state index is 0.0962. The van der Waals surface area contributed by atoms with Gasteiger partial charge in [-0.3, -0.25) is 14.1 Å². The molecule has 0 bridgehead atoms. The second kappa shape index (κ2) is 8.55. The van der Waals surface area contributed by atoms with Crippen LogP contribution in [0.3, 0.4) is 0 Å². The van der Waals surface area contributed by atoms with E-state index < -0.39 is 0 Å². The molecule has 4 aromatic rings. The summed E-state index contributed by atoms with van der Waals surface area (Å²) < 4.78 is 20.7. The number of ether oxygens (including phenoxy) is 1. The van der Waals surface area contributed by atoms with Crippen LogP contribution in [-0.4, -0.2) is 34.5 Å². The lowest BCUT2D eigenvalue weighted by Crippen LogP contribution is -2.26. The largest absolute Gasteiger partial charge is 0.489 e. The van der Waals surface area contributed by atoms with Gasteiger partial charge in [0.15, 0.2) is 16.5 Å². The van der Waals surface area contributed by atoms with Crippen molar-refractivity contribution in [1.82, 2.24) is 14.3 Å². The fourth-order valence-electron chi connectivity index (χ4n) is 3.08. The summed E-state index contributed by atoms with van der Waals surface area (Å²) in [5, 5.41) is 1.95. The van der Waals surface area contributed by atoms with Crippen molar-refractivity contribution in [3.63, 3.8) is 0 Å². The Hall–Kier alpha value is -3.03. The van der Waals surface area contributed by atoms with Gasteiger partial charge in [-0.15, -0.1) is 11.3 Å². The molecule has 0 atom stereocenters. The number of thiazole rings is 1. The predicted octanol–water partition coefficient (Wildman–Crippen LogP) is 4.07.